The van der Waals surface area contributed by atoms with Gasteiger partial charge in [-0.2, -0.15) is 0 Å². The zero-order valence-electron chi connectivity index (χ0n) is 81.0. The Morgan fingerprint density at radius 3 is 0.353 bits per heavy atom. The van der Waals surface area contributed by atoms with Crippen LogP contribution in [0.1, 0.15) is 189 Å². The van der Waals surface area contributed by atoms with Gasteiger partial charge in [0.15, 0.2) is 0 Å². The fraction of sp³-hybridized carbons (Fsp3) is 0. The van der Waals surface area contributed by atoms with Crippen LogP contribution in [0.4, 0.5) is 0 Å². The molecule has 0 saturated carbocycles. The van der Waals surface area contributed by atoms with Crippen LogP contribution in [-0.4, -0.2) is 0 Å². The Morgan fingerprint density at radius 1 is 0.0733 bits per heavy atom. The van der Waals surface area contributed by atoms with Gasteiger partial charge in [0.25, 0.3) is 0 Å². The SMILES string of the molecule is C(#Cc1cc(C#Cc2ccccc2)cc(C#Cc2cc(C#Cc3ccc(C#Cc4cc(C#Cc5ccc(C#Cc6cc(C#Cc7cc(C#Cc8ccccc8)cc(C#Cc8ccccc8)c7)cc(C#Cc7cc(C#Cc8ccccc8)cc(C#Cc8ccccc8)c7)c6)cc5)cc(C#Cc5cccc6cc7ccccc7cc56)c4)cc3)cc(C#Cc3cc(C#Cc4ccccc4)cc(C#Cc4ccccc4)c3)c2)c1)c1ccccc1. The average Bonchev–Trinajstić information content (AvgIpc) is 0.785. The van der Waals surface area contributed by atoms with Crippen LogP contribution in [-0.2, 0) is 0 Å². The van der Waals surface area contributed by atoms with E-state index in [1.54, 1.807) is 0 Å². The van der Waals surface area contributed by atoms with Gasteiger partial charge in [-0.05, 0) is 313 Å². The molecule has 0 aromatic heterocycles. The van der Waals surface area contributed by atoms with E-state index in [-0.39, 0.29) is 0 Å². The van der Waals surface area contributed by atoms with Gasteiger partial charge in [-0.1, -0.05) is 383 Å². The zero-order chi connectivity index (χ0) is 101. The molecule has 0 aliphatic heterocycles. The first kappa shape index (κ1) is 95.0. The summed E-state index contributed by atoms with van der Waals surface area (Å²) in [6, 6.07) is 157. The van der Waals surface area contributed by atoms with Gasteiger partial charge in [-0.25, -0.2) is 0 Å². The van der Waals surface area contributed by atoms with E-state index >= 15 is 0 Å². The highest BCUT2D eigenvalue weighted by Gasteiger charge is 2.10. The fourth-order valence-electron chi connectivity index (χ4n) is 15.9. The third kappa shape index (κ3) is 28.0. The van der Waals surface area contributed by atoms with Gasteiger partial charge in [0.1, 0.15) is 0 Å². The number of fused-ring (bicyclic) bond motifs is 2. The minimum atomic E-state index is 0.715. The van der Waals surface area contributed by atoms with Crippen LogP contribution in [0.15, 0.2) is 473 Å². The molecule has 0 fully saturated rings. The maximum absolute atomic E-state index is 3.54. The van der Waals surface area contributed by atoms with Crippen LogP contribution in [0.25, 0.3) is 21.5 Å². The van der Waals surface area contributed by atoms with Gasteiger partial charge in [0.05, 0.1) is 0 Å². The van der Waals surface area contributed by atoms with Crippen LogP contribution in [0, 0.1) is 201 Å². The summed E-state index contributed by atoms with van der Waals surface area (Å²) in [5.41, 5.74) is 27.2. The molecule has 0 unspecified atom stereocenters. The van der Waals surface area contributed by atoms with Crippen molar-refractivity contribution in [3.63, 3.8) is 0 Å². The van der Waals surface area contributed by atoms with Gasteiger partial charge in [0.2, 0.25) is 0 Å². The first-order valence-corrected chi connectivity index (χ1v) is 48.5. The smallest absolute Gasteiger partial charge is 0.0327 e. The molecule has 0 aliphatic rings. The summed E-state index contributed by atoms with van der Waals surface area (Å²) in [4.78, 5) is 0. The minimum Gasteiger partial charge on any atom is -0.0622 e. The van der Waals surface area contributed by atoms with E-state index < -0.39 is 0 Å². The number of rotatable bonds is 0. The molecular formula is C150H78. The molecule has 0 nitrogen and oxygen atoms in total. The van der Waals surface area contributed by atoms with Crippen LogP contribution >= 0.6 is 0 Å². The number of hydrogen-bond acceptors (Lipinski definition) is 0. The van der Waals surface area contributed by atoms with Crippen molar-refractivity contribution in [3.05, 3.63) is 662 Å². The molecule has 0 heterocycles. The first-order chi connectivity index (χ1) is 74.1. The molecule has 20 rings (SSSR count). The van der Waals surface area contributed by atoms with E-state index in [0.717, 1.165) is 183 Å². The lowest BCUT2D eigenvalue weighted by molar-refractivity contribution is 1.53. The molecule has 0 saturated heterocycles. The van der Waals surface area contributed by atoms with Gasteiger partial charge >= 0.3 is 0 Å². The van der Waals surface area contributed by atoms with Crippen molar-refractivity contribution in [3.8, 4) is 201 Å². The molecule has 0 radical (unpaired) electrons. The Morgan fingerprint density at radius 2 is 0.193 bits per heavy atom. The lowest BCUT2D eigenvalue weighted by atomic mass is 9.99. The van der Waals surface area contributed by atoms with Crippen molar-refractivity contribution < 1.29 is 0 Å². The summed E-state index contributed by atoms with van der Waals surface area (Å²) in [5, 5.41) is 4.50. The summed E-state index contributed by atoms with van der Waals surface area (Å²) >= 11 is 0. The third-order valence-corrected chi connectivity index (χ3v) is 23.2. The fourth-order valence-corrected chi connectivity index (χ4v) is 15.9. The molecule has 0 amide bonds. The van der Waals surface area contributed by atoms with Crippen molar-refractivity contribution in [1.29, 1.82) is 0 Å². The van der Waals surface area contributed by atoms with Crippen LogP contribution in [0.5, 0.6) is 0 Å². The molecule has 0 bridgehead atoms. The average molecular weight is 1880 g/mol. The lowest BCUT2D eigenvalue weighted by Gasteiger charge is -2.04. The standard InChI is InChI=1S/C150H78/c1-9-28-113(29-10-1)56-68-125-90-126(69-57-114-30-11-2-12-31-114)96-137(95-125)80-84-141-103-133(104-142(107-141)85-81-138-97-127(70-58-115-32-13-3-14-33-115)91-128(98-138)71-59-116-34-15-4-16-35-116)76-64-121-48-52-123(53-49-121)66-78-135-94-136(110-145(109-135)88-89-146-46-27-47-149-111-147-44-25-26-45-148(147)112-150(146)149)79-67-124-54-50-122(51-55-124)65-77-134-105-143(86-82-139-99-129(72-60-117-36-17-5-18-37-117)92-130(100-139)73-61-118-38-19-6-20-39-118)108-144(106-134)87-83-140-101-131(74-62-119-40-21-7-22-41-119)93-132(102-140)75-63-120-42-23-8-24-43-120/h1-55,90-112H. The van der Waals surface area contributed by atoms with Gasteiger partial charge < -0.3 is 0 Å². The van der Waals surface area contributed by atoms with E-state index in [0.29, 0.717) is 22.3 Å². The second-order valence-electron chi connectivity index (χ2n) is 34.7. The number of hydrogen-bond donors (Lipinski definition) is 0. The summed E-state index contributed by atoms with van der Waals surface area (Å²) < 4.78 is 0. The summed E-state index contributed by atoms with van der Waals surface area (Å²) in [7, 11) is 0. The lowest BCUT2D eigenvalue weighted by Crippen LogP contribution is -1.88. The maximum Gasteiger partial charge on any atom is 0.0327 e. The molecule has 0 spiro atoms. The highest BCUT2D eigenvalue weighted by Crippen LogP contribution is 2.27. The van der Waals surface area contributed by atoms with E-state index in [9.17, 15) is 0 Å². The molecule has 20 aromatic rings. The summed E-state index contributed by atoms with van der Waals surface area (Å²) in [6.45, 7) is 0. The van der Waals surface area contributed by atoms with E-state index in [4.69, 9.17) is 0 Å². The molecule has 0 atom stereocenters. The summed E-state index contributed by atoms with van der Waals surface area (Å²) in [6.07, 6.45) is 0. The third-order valence-electron chi connectivity index (χ3n) is 23.2. The van der Waals surface area contributed by atoms with Crippen molar-refractivity contribution in [2.75, 3.05) is 0 Å². The van der Waals surface area contributed by atoms with Crippen molar-refractivity contribution in [1.82, 2.24) is 0 Å². The topological polar surface area (TPSA) is 0 Å². The highest BCUT2D eigenvalue weighted by atomic mass is 14.1. The van der Waals surface area contributed by atoms with Gasteiger partial charge in [-0.15, -0.1) is 0 Å². The molecule has 0 aliphatic carbocycles. The molecular weight excluding hydrogens is 1800 g/mol. The van der Waals surface area contributed by atoms with Crippen molar-refractivity contribution in [2.24, 2.45) is 0 Å². The van der Waals surface area contributed by atoms with Crippen LogP contribution < -0.4 is 0 Å². The van der Waals surface area contributed by atoms with Crippen molar-refractivity contribution in [2.45, 2.75) is 0 Å². The highest BCUT2D eigenvalue weighted by molar-refractivity contribution is 6.01. The predicted octanol–water partition coefficient (Wildman–Crippen LogP) is 27.8. The van der Waals surface area contributed by atoms with E-state index in [1.807, 2.05) is 419 Å². The van der Waals surface area contributed by atoms with E-state index in [1.165, 1.54) is 5.39 Å². The van der Waals surface area contributed by atoms with E-state index in [2.05, 4.69) is 256 Å². The quantitative estimate of drug-likeness (QED) is 0.105. The van der Waals surface area contributed by atoms with Crippen LogP contribution in [0.2, 0.25) is 0 Å². The Balaban J connectivity index is 0.616. The monoisotopic (exact) mass is 1880 g/mol. The second kappa shape index (κ2) is 48.1. The molecule has 678 valence electrons. The molecule has 150 heavy (non-hydrogen) atoms. The summed E-state index contributed by atoms with van der Waals surface area (Å²) in [5.74, 6) is 116. The predicted molar refractivity (Wildman–Crippen MR) is 613 cm³/mol. The zero-order valence-corrected chi connectivity index (χ0v) is 81.0. The first-order valence-electron chi connectivity index (χ1n) is 48.5. The van der Waals surface area contributed by atoms with Crippen molar-refractivity contribution >= 4 is 21.5 Å². The Kier molecular flexibility index (Phi) is 30.4. The van der Waals surface area contributed by atoms with Gasteiger partial charge in [0, 0.05) is 189 Å². The largest absolute Gasteiger partial charge is 0.0622 e. The van der Waals surface area contributed by atoms with Crippen LogP contribution in [0.3, 0.4) is 0 Å². The normalized spacial score (nSPS) is 9.63. The molecule has 0 N–H and O–H groups in total. The Bertz CT molecular complexity index is 8690. The molecule has 0 heteroatoms. The second-order valence-corrected chi connectivity index (χ2v) is 34.7. The Labute approximate surface area is 878 Å². The number of benzene rings is 20. The Hall–Kier alpha value is -22.6. The maximum atomic E-state index is 3.54. The van der Waals surface area contributed by atoms with Gasteiger partial charge in [-0.3, -0.25) is 0 Å². The molecule has 20 aromatic carbocycles. The minimum absolute atomic E-state index is 0.715.